The van der Waals surface area contributed by atoms with Gasteiger partial charge in [0.05, 0.1) is 0 Å². The van der Waals surface area contributed by atoms with E-state index in [9.17, 15) is 0 Å². The van der Waals surface area contributed by atoms with Gasteiger partial charge in [0.25, 0.3) is 0 Å². The predicted octanol–water partition coefficient (Wildman–Crippen LogP) is 4.18. The lowest BCUT2D eigenvalue weighted by molar-refractivity contribution is 0.598. The molecular weight excluding hydrogens is 238 g/mol. The zero-order valence-corrected chi connectivity index (χ0v) is 12.9. The lowest BCUT2D eigenvalue weighted by Gasteiger charge is -2.18. The Bertz CT molecular complexity index is 398. The Morgan fingerprint density at radius 1 is 1.22 bits per heavy atom. The van der Waals surface area contributed by atoms with Crippen molar-refractivity contribution in [3.63, 3.8) is 0 Å². The first kappa shape index (κ1) is 15.3. The first-order valence-electron chi connectivity index (χ1n) is 6.56. The first-order chi connectivity index (χ1) is 8.56. The predicted molar refractivity (Wildman–Crippen MR) is 84.6 cm³/mol. The molecule has 0 saturated carbocycles. The van der Waals surface area contributed by atoms with Gasteiger partial charge in [-0.1, -0.05) is 18.2 Å². The van der Waals surface area contributed by atoms with Crippen molar-refractivity contribution < 1.29 is 0 Å². The maximum atomic E-state index is 3.73. The highest BCUT2D eigenvalue weighted by Gasteiger charge is 2.09. The number of nitrogens with one attached hydrogen (secondary N) is 1. The molecule has 2 heteroatoms. The van der Waals surface area contributed by atoms with Crippen molar-refractivity contribution in [2.24, 2.45) is 0 Å². The van der Waals surface area contributed by atoms with E-state index in [-0.39, 0.29) is 0 Å². The highest BCUT2D eigenvalue weighted by atomic mass is 32.2. The van der Waals surface area contributed by atoms with Crippen LogP contribution in [0, 0.1) is 20.8 Å². The molecule has 100 valence electrons. The molecule has 1 atom stereocenters. The van der Waals surface area contributed by atoms with Gasteiger partial charge in [-0.2, -0.15) is 11.8 Å². The Kier molecular flexibility index (Phi) is 6.51. The largest absolute Gasteiger partial charge is 0.309 e. The van der Waals surface area contributed by atoms with Crippen molar-refractivity contribution in [2.75, 3.05) is 18.1 Å². The van der Waals surface area contributed by atoms with Crippen LogP contribution in [-0.4, -0.2) is 18.1 Å². The molecule has 1 aromatic carbocycles. The molecule has 0 amide bonds. The van der Waals surface area contributed by atoms with E-state index in [0.29, 0.717) is 6.04 Å². The Balaban J connectivity index is 2.53. The van der Waals surface area contributed by atoms with E-state index in [1.54, 1.807) is 0 Å². The average Bonchev–Trinajstić information content (AvgIpc) is 2.33. The molecule has 1 nitrogen and oxygen atoms in total. The van der Waals surface area contributed by atoms with Gasteiger partial charge >= 0.3 is 0 Å². The second kappa shape index (κ2) is 7.65. The van der Waals surface area contributed by atoms with Crippen molar-refractivity contribution in [2.45, 2.75) is 33.7 Å². The lowest BCUT2D eigenvalue weighted by atomic mass is 9.96. The number of aryl methyl sites for hydroxylation is 3. The molecule has 0 aliphatic rings. The van der Waals surface area contributed by atoms with Crippen LogP contribution in [0.1, 0.15) is 35.2 Å². The molecule has 1 rings (SSSR count). The van der Waals surface area contributed by atoms with E-state index in [0.717, 1.165) is 18.1 Å². The summed E-state index contributed by atoms with van der Waals surface area (Å²) >= 11 is 1.92. The fourth-order valence-electron chi connectivity index (χ4n) is 2.07. The van der Waals surface area contributed by atoms with Crippen LogP contribution in [0.25, 0.3) is 0 Å². The fourth-order valence-corrected chi connectivity index (χ4v) is 2.67. The van der Waals surface area contributed by atoms with Crippen LogP contribution in [0.2, 0.25) is 0 Å². The molecule has 0 spiro atoms. The normalized spacial score (nSPS) is 12.4. The smallest absolute Gasteiger partial charge is 0.0294 e. The summed E-state index contributed by atoms with van der Waals surface area (Å²) < 4.78 is 0. The van der Waals surface area contributed by atoms with Gasteiger partial charge in [-0.3, -0.25) is 0 Å². The van der Waals surface area contributed by atoms with Gasteiger partial charge in [0, 0.05) is 24.1 Å². The molecule has 1 unspecified atom stereocenters. The zero-order chi connectivity index (χ0) is 13.5. The van der Waals surface area contributed by atoms with Gasteiger partial charge in [-0.25, -0.2) is 0 Å². The quantitative estimate of drug-likeness (QED) is 0.585. The molecule has 0 aromatic heterocycles. The summed E-state index contributed by atoms with van der Waals surface area (Å²) in [6.45, 7) is 13.6. The van der Waals surface area contributed by atoms with Gasteiger partial charge in [0.1, 0.15) is 0 Å². The monoisotopic (exact) mass is 263 g/mol. The summed E-state index contributed by atoms with van der Waals surface area (Å²) in [6, 6.07) is 5.03. The molecule has 0 saturated heterocycles. The minimum absolute atomic E-state index is 0.425. The highest BCUT2D eigenvalue weighted by Crippen LogP contribution is 2.21. The summed E-state index contributed by atoms with van der Waals surface area (Å²) in [5, 5.41) is 3.59. The topological polar surface area (TPSA) is 12.0 Å². The Labute approximate surface area is 116 Å². The van der Waals surface area contributed by atoms with Crippen molar-refractivity contribution >= 4 is 11.8 Å². The van der Waals surface area contributed by atoms with Gasteiger partial charge in [-0.05, 0) is 49.9 Å². The maximum absolute atomic E-state index is 3.73. The Morgan fingerprint density at radius 3 is 2.56 bits per heavy atom. The number of rotatable bonds is 7. The second-order valence-electron chi connectivity index (χ2n) is 4.83. The van der Waals surface area contributed by atoms with E-state index in [4.69, 9.17) is 0 Å². The van der Waals surface area contributed by atoms with E-state index in [2.05, 4.69) is 51.7 Å². The highest BCUT2D eigenvalue weighted by molar-refractivity contribution is 7.99. The van der Waals surface area contributed by atoms with Crippen LogP contribution >= 0.6 is 11.8 Å². The molecule has 0 aliphatic carbocycles. The van der Waals surface area contributed by atoms with Gasteiger partial charge in [0.15, 0.2) is 0 Å². The van der Waals surface area contributed by atoms with Crippen LogP contribution in [0.15, 0.2) is 24.8 Å². The lowest BCUT2D eigenvalue weighted by Crippen LogP contribution is -2.22. The van der Waals surface area contributed by atoms with Gasteiger partial charge < -0.3 is 5.32 Å². The number of hydrogen-bond donors (Lipinski definition) is 1. The van der Waals surface area contributed by atoms with Crippen LogP contribution in [0.5, 0.6) is 0 Å². The summed E-state index contributed by atoms with van der Waals surface area (Å²) in [6.07, 6.45) is 1.96. The van der Waals surface area contributed by atoms with E-state index in [1.807, 2.05) is 17.8 Å². The third kappa shape index (κ3) is 4.51. The molecular formula is C16H25NS. The molecule has 1 N–H and O–H groups in total. The molecule has 0 radical (unpaired) electrons. The third-order valence-electron chi connectivity index (χ3n) is 3.28. The Hall–Kier alpha value is -0.730. The van der Waals surface area contributed by atoms with E-state index >= 15 is 0 Å². The van der Waals surface area contributed by atoms with Crippen LogP contribution in [0.3, 0.4) is 0 Å². The SMILES string of the molecule is C=CCSCCNC(C)c1cc(C)c(C)cc1C. The maximum Gasteiger partial charge on any atom is 0.0294 e. The summed E-state index contributed by atoms with van der Waals surface area (Å²) in [5.41, 5.74) is 5.57. The Morgan fingerprint density at radius 2 is 1.89 bits per heavy atom. The second-order valence-corrected chi connectivity index (χ2v) is 5.98. The average molecular weight is 263 g/mol. The summed E-state index contributed by atoms with van der Waals surface area (Å²) in [5.74, 6) is 2.18. The molecule has 0 heterocycles. The van der Waals surface area contributed by atoms with Crippen molar-refractivity contribution in [1.82, 2.24) is 5.32 Å². The van der Waals surface area contributed by atoms with Crippen molar-refractivity contribution in [3.8, 4) is 0 Å². The molecule has 0 fully saturated rings. The fraction of sp³-hybridized carbons (Fsp3) is 0.500. The molecule has 0 aliphatic heterocycles. The van der Waals surface area contributed by atoms with Crippen molar-refractivity contribution in [1.29, 1.82) is 0 Å². The van der Waals surface area contributed by atoms with Gasteiger partial charge in [-0.15, -0.1) is 6.58 Å². The number of benzene rings is 1. The summed E-state index contributed by atoms with van der Waals surface area (Å²) in [4.78, 5) is 0. The minimum atomic E-state index is 0.425. The van der Waals surface area contributed by atoms with Crippen LogP contribution < -0.4 is 5.32 Å². The third-order valence-corrected chi connectivity index (χ3v) is 4.25. The standard InChI is InChI=1S/C16H25NS/c1-6-8-18-9-7-17-15(5)16-11-13(3)12(2)10-14(16)4/h6,10-11,15,17H,1,7-9H2,2-5H3. The van der Waals surface area contributed by atoms with E-state index in [1.165, 1.54) is 22.3 Å². The van der Waals surface area contributed by atoms with Crippen molar-refractivity contribution in [3.05, 3.63) is 47.0 Å². The molecule has 1 aromatic rings. The number of hydrogen-bond acceptors (Lipinski definition) is 2. The van der Waals surface area contributed by atoms with Gasteiger partial charge in [0.2, 0.25) is 0 Å². The number of thioether (sulfide) groups is 1. The van der Waals surface area contributed by atoms with Crippen LogP contribution in [0.4, 0.5) is 0 Å². The summed E-state index contributed by atoms with van der Waals surface area (Å²) in [7, 11) is 0. The minimum Gasteiger partial charge on any atom is -0.309 e. The van der Waals surface area contributed by atoms with Crippen LogP contribution in [-0.2, 0) is 0 Å². The first-order valence-corrected chi connectivity index (χ1v) is 7.71. The van der Waals surface area contributed by atoms with E-state index < -0.39 is 0 Å². The molecule has 18 heavy (non-hydrogen) atoms. The molecule has 0 bridgehead atoms. The zero-order valence-electron chi connectivity index (χ0n) is 12.0.